The van der Waals surface area contributed by atoms with Crippen LogP contribution in [0.4, 0.5) is 10.5 Å². The van der Waals surface area contributed by atoms with Gasteiger partial charge in [-0.2, -0.15) is 0 Å². The Morgan fingerprint density at radius 2 is 1.88 bits per heavy atom. The molecule has 25 heavy (non-hydrogen) atoms. The van der Waals surface area contributed by atoms with E-state index in [1.807, 2.05) is 36.2 Å². The van der Waals surface area contributed by atoms with E-state index in [-0.39, 0.29) is 18.0 Å². The number of urea groups is 1. The molecule has 0 aromatic heterocycles. The van der Waals surface area contributed by atoms with Gasteiger partial charge in [-0.15, -0.1) is 0 Å². The second kappa shape index (κ2) is 7.76. The minimum atomic E-state index is -0.145. The first-order chi connectivity index (χ1) is 12.1. The highest BCUT2D eigenvalue weighted by atomic mass is 16.5. The van der Waals surface area contributed by atoms with Crippen LogP contribution >= 0.6 is 0 Å². The van der Waals surface area contributed by atoms with E-state index in [2.05, 4.69) is 5.32 Å². The molecule has 2 fully saturated rings. The molecular weight excluding hydrogens is 318 g/mol. The second-order valence-electron chi connectivity index (χ2n) is 6.96. The smallest absolute Gasteiger partial charge is 0.317 e. The first-order valence-electron chi connectivity index (χ1n) is 9.06. The number of rotatable bonds is 4. The number of benzene rings is 1. The normalized spacial score (nSPS) is 21.3. The van der Waals surface area contributed by atoms with E-state index in [0.717, 1.165) is 24.3 Å². The highest BCUT2D eigenvalue weighted by Gasteiger charge is 2.33. The third-order valence-electron chi connectivity index (χ3n) is 5.28. The van der Waals surface area contributed by atoms with Crippen LogP contribution in [0, 0.1) is 0 Å². The summed E-state index contributed by atoms with van der Waals surface area (Å²) in [6, 6.07) is 7.53. The highest BCUT2D eigenvalue weighted by molar-refractivity contribution is 5.96. The van der Waals surface area contributed by atoms with Crippen LogP contribution in [0.15, 0.2) is 24.3 Å². The zero-order valence-electron chi connectivity index (χ0n) is 15.0. The molecule has 3 rings (SSSR count). The Morgan fingerprint density at radius 1 is 1.20 bits per heavy atom. The Kier molecular flexibility index (Phi) is 5.46. The molecule has 1 unspecified atom stereocenters. The fraction of sp³-hybridized carbons (Fsp3) is 0.579. The SMILES string of the molecule is COc1ccc(N2CC(NC(=O)N(C)C3CCCCC3)CC2=O)cc1. The van der Waals surface area contributed by atoms with Crippen molar-refractivity contribution in [2.24, 2.45) is 0 Å². The number of nitrogens with zero attached hydrogens (tertiary/aromatic N) is 2. The third-order valence-corrected chi connectivity index (χ3v) is 5.28. The zero-order valence-corrected chi connectivity index (χ0v) is 15.0. The third kappa shape index (κ3) is 4.06. The number of nitrogens with one attached hydrogen (secondary N) is 1. The van der Waals surface area contributed by atoms with Crippen LogP contribution in [0.1, 0.15) is 38.5 Å². The molecule has 1 saturated carbocycles. The van der Waals surface area contributed by atoms with Crippen LogP contribution in [0.25, 0.3) is 0 Å². The highest BCUT2D eigenvalue weighted by Crippen LogP contribution is 2.25. The van der Waals surface area contributed by atoms with Crippen LogP contribution in [-0.2, 0) is 4.79 Å². The van der Waals surface area contributed by atoms with Crippen molar-refractivity contribution < 1.29 is 14.3 Å². The molecule has 3 amide bonds. The summed E-state index contributed by atoms with van der Waals surface area (Å²) in [6.07, 6.45) is 6.14. The summed E-state index contributed by atoms with van der Waals surface area (Å²) in [5.74, 6) is 0.796. The molecule has 1 N–H and O–H groups in total. The predicted octanol–water partition coefficient (Wildman–Crippen LogP) is 2.77. The van der Waals surface area contributed by atoms with Crippen molar-refractivity contribution in [2.45, 2.75) is 50.6 Å². The molecule has 1 aliphatic carbocycles. The molecule has 1 aliphatic heterocycles. The summed E-state index contributed by atoms with van der Waals surface area (Å²) < 4.78 is 5.15. The van der Waals surface area contributed by atoms with Gasteiger partial charge in [0.15, 0.2) is 0 Å². The van der Waals surface area contributed by atoms with Gasteiger partial charge < -0.3 is 19.9 Å². The van der Waals surface area contributed by atoms with Crippen LogP contribution in [0.2, 0.25) is 0 Å². The number of hydrogen-bond donors (Lipinski definition) is 1. The molecule has 0 bridgehead atoms. The largest absolute Gasteiger partial charge is 0.497 e. The first kappa shape index (κ1) is 17.6. The Balaban J connectivity index is 1.57. The number of methoxy groups -OCH3 is 1. The fourth-order valence-electron chi connectivity index (χ4n) is 3.73. The summed E-state index contributed by atoms with van der Waals surface area (Å²) >= 11 is 0. The number of hydrogen-bond acceptors (Lipinski definition) is 3. The summed E-state index contributed by atoms with van der Waals surface area (Å²) in [5, 5.41) is 3.03. The Bertz CT molecular complexity index is 611. The van der Waals surface area contributed by atoms with Gasteiger partial charge in [0.1, 0.15) is 5.75 Å². The van der Waals surface area contributed by atoms with Crippen molar-refractivity contribution in [1.29, 1.82) is 0 Å². The van der Waals surface area contributed by atoms with Gasteiger partial charge in [0.2, 0.25) is 5.91 Å². The molecule has 136 valence electrons. The van der Waals surface area contributed by atoms with Gasteiger partial charge in [0, 0.05) is 31.7 Å². The summed E-state index contributed by atoms with van der Waals surface area (Å²) in [6.45, 7) is 0.509. The topological polar surface area (TPSA) is 61.9 Å². The zero-order chi connectivity index (χ0) is 17.8. The standard InChI is InChI=1S/C19H27N3O3/c1-21(15-6-4-3-5-7-15)19(24)20-14-12-18(23)22(13-14)16-8-10-17(25-2)11-9-16/h8-11,14-15H,3-7,12-13H2,1-2H3,(H,20,24). The maximum absolute atomic E-state index is 12.5. The van der Waals surface area contributed by atoms with E-state index in [9.17, 15) is 9.59 Å². The van der Waals surface area contributed by atoms with E-state index in [0.29, 0.717) is 19.0 Å². The lowest BCUT2D eigenvalue weighted by atomic mass is 9.95. The lowest BCUT2D eigenvalue weighted by Crippen LogP contribution is -2.48. The quantitative estimate of drug-likeness (QED) is 0.913. The van der Waals surface area contributed by atoms with Gasteiger partial charge in [-0.3, -0.25) is 4.79 Å². The lowest BCUT2D eigenvalue weighted by molar-refractivity contribution is -0.117. The van der Waals surface area contributed by atoms with Crippen LogP contribution in [0.3, 0.4) is 0 Å². The van der Waals surface area contributed by atoms with Crippen LogP contribution in [-0.4, -0.2) is 49.6 Å². The van der Waals surface area contributed by atoms with Gasteiger partial charge in [-0.05, 0) is 37.1 Å². The minimum absolute atomic E-state index is 0.0378. The van der Waals surface area contributed by atoms with Crippen molar-refractivity contribution in [2.75, 3.05) is 25.6 Å². The molecule has 1 heterocycles. The van der Waals surface area contributed by atoms with Crippen molar-refractivity contribution in [1.82, 2.24) is 10.2 Å². The number of amides is 3. The van der Waals surface area contributed by atoms with Gasteiger partial charge >= 0.3 is 6.03 Å². The van der Waals surface area contributed by atoms with Gasteiger partial charge in [-0.25, -0.2) is 4.79 Å². The van der Waals surface area contributed by atoms with E-state index in [1.165, 1.54) is 19.3 Å². The summed E-state index contributed by atoms with van der Waals surface area (Å²) in [5.41, 5.74) is 0.836. The minimum Gasteiger partial charge on any atom is -0.497 e. The molecule has 6 heteroatoms. The molecule has 1 saturated heterocycles. The Labute approximate surface area is 149 Å². The number of carbonyl (C=O) groups is 2. The molecule has 1 atom stereocenters. The molecule has 0 radical (unpaired) electrons. The number of carbonyl (C=O) groups excluding carboxylic acids is 2. The van der Waals surface area contributed by atoms with E-state index >= 15 is 0 Å². The van der Waals surface area contributed by atoms with E-state index in [4.69, 9.17) is 4.74 Å². The lowest BCUT2D eigenvalue weighted by Gasteiger charge is -2.32. The Hall–Kier alpha value is -2.24. The number of anilines is 1. The van der Waals surface area contributed by atoms with E-state index < -0.39 is 0 Å². The van der Waals surface area contributed by atoms with Crippen LogP contribution in [0.5, 0.6) is 5.75 Å². The second-order valence-corrected chi connectivity index (χ2v) is 6.96. The maximum atomic E-state index is 12.5. The fourth-order valence-corrected chi connectivity index (χ4v) is 3.73. The van der Waals surface area contributed by atoms with Crippen molar-refractivity contribution in [3.8, 4) is 5.75 Å². The van der Waals surface area contributed by atoms with Crippen molar-refractivity contribution in [3.05, 3.63) is 24.3 Å². The molecule has 2 aliphatic rings. The van der Waals surface area contributed by atoms with Crippen molar-refractivity contribution >= 4 is 17.6 Å². The van der Waals surface area contributed by atoms with Crippen molar-refractivity contribution in [3.63, 3.8) is 0 Å². The van der Waals surface area contributed by atoms with Gasteiger partial charge in [0.05, 0.1) is 13.2 Å². The van der Waals surface area contributed by atoms with Gasteiger partial charge in [-0.1, -0.05) is 19.3 Å². The summed E-state index contributed by atoms with van der Waals surface area (Å²) in [4.78, 5) is 28.4. The maximum Gasteiger partial charge on any atom is 0.317 e. The summed E-state index contributed by atoms with van der Waals surface area (Å²) in [7, 11) is 3.48. The average molecular weight is 345 g/mol. The van der Waals surface area contributed by atoms with Gasteiger partial charge in [0.25, 0.3) is 0 Å². The molecule has 1 aromatic rings. The molecular formula is C19H27N3O3. The average Bonchev–Trinajstić information content (AvgIpc) is 3.02. The predicted molar refractivity (Wildman–Crippen MR) is 96.9 cm³/mol. The monoisotopic (exact) mass is 345 g/mol. The molecule has 1 aromatic carbocycles. The van der Waals surface area contributed by atoms with E-state index in [1.54, 1.807) is 12.0 Å². The first-order valence-corrected chi connectivity index (χ1v) is 9.06. The Morgan fingerprint density at radius 3 is 2.52 bits per heavy atom. The molecule has 6 nitrogen and oxygen atoms in total. The van der Waals surface area contributed by atoms with Crippen LogP contribution < -0.4 is 15.0 Å². The number of ether oxygens (including phenoxy) is 1. The molecule has 0 spiro atoms.